The molecule has 314 valence electrons. The minimum absolute atomic E-state index is 0.0195. The predicted octanol–water partition coefficient (Wildman–Crippen LogP) is 5.03. The first-order valence-corrected chi connectivity index (χ1v) is 22.2. The van der Waals surface area contributed by atoms with Gasteiger partial charge in [0.25, 0.3) is 0 Å². The summed E-state index contributed by atoms with van der Waals surface area (Å²) < 4.78 is 50.4. The van der Waals surface area contributed by atoms with Crippen LogP contribution in [0.3, 0.4) is 0 Å². The van der Waals surface area contributed by atoms with Gasteiger partial charge in [0, 0.05) is 23.8 Å². The average molecular weight is 822 g/mol. The summed E-state index contributed by atoms with van der Waals surface area (Å²) >= 11 is 0. The topological polar surface area (TPSA) is 206 Å². The molecule has 58 heavy (non-hydrogen) atoms. The molecular weight excluding hydrogens is 767 g/mol. The number of rotatable bonds is 14. The molecular formula is C42H55N5O10S. The number of sulfonamides is 1. The van der Waals surface area contributed by atoms with Crippen molar-refractivity contribution < 1.29 is 46.5 Å². The van der Waals surface area contributed by atoms with Gasteiger partial charge < -0.3 is 34.9 Å². The molecule has 4 N–H and O–H groups in total. The van der Waals surface area contributed by atoms with E-state index in [-0.39, 0.29) is 37.5 Å². The number of amides is 4. The minimum atomic E-state index is -3.65. The number of unbranched alkanes of at least 4 members (excludes halogenated alkanes) is 3. The fourth-order valence-corrected chi connectivity index (χ4v) is 9.86. The molecule has 0 bridgehead atoms. The van der Waals surface area contributed by atoms with Crippen LogP contribution in [-0.2, 0) is 35.6 Å². The van der Waals surface area contributed by atoms with E-state index in [0.29, 0.717) is 62.2 Å². The van der Waals surface area contributed by atoms with Crippen molar-refractivity contribution in [2.75, 3.05) is 13.3 Å². The molecule has 15 nitrogen and oxygen atoms in total. The van der Waals surface area contributed by atoms with Crippen LogP contribution < -0.4 is 30.0 Å². The molecule has 1 spiro atoms. The first-order chi connectivity index (χ1) is 27.5. The van der Waals surface area contributed by atoms with Crippen molar-refractivity contribution in [1.29, 1.82) is 0 Å². The monoisotopic (exact) mass is 821 g/mol. The average Bonchev–Trinajstić information content (AvgIpc) is 4.11. The Morgan fingerprint density at radius 2 is 1.86 bits per heavy atom. The van der Waals surface area contributed by atoms with E-state index in [0.717, 1.165) is 54.3 Å². The summed E-state index contributed by atoms with van der Waals surface area (Å²) in [6.07, 6.45) is 11.6. The van der Waals surface area contributed by atoms with E-state index >= 15 is 0 Å². The van der Waals surface area contributed by atoms with Crippen molar-refractivity contribution in [3.63, 3.8) is 0 Å². The molecule has 4 amide bonds. The number of primary amides is 1. The van der Waals surface area contributed by atoms with Crippen LogP contribution in [0.2, 0.25) is 0 Å². The molecule has 4 heterocycles. The molecule has 1 aromatic heterocycles. The SMILES string of the molecule is CC(C)(C)OC(=O)N[C@@H](CCCCC/C=C\[C@@H]1C[C@@H]1C(=O)NS(=O)(=O)C1(C)CC1)C(=O)N1C[C@@]2(CCc3c(c(C4CC4)nc4ccc5c(c34)OCO5)O2)C[C@H]1C(N)=O. The Hall–Kier alpha value is -4.60. The van der Waals surface area contributed by atoms with Gasteiger partial charge in [0.2, 0.25) is 34.5 Å². The highest BCUT2D eigenvalue weighted by molar-refractivity contribution is 7.91. The molecule has 3 aliphatic heterocycles. The van der Waals surface area contributed by atoms with Gasteiger partial charge in [0.15, 0.2) is 11.5 Å². The highest BCUT2D eigenvalue weighted by Crippen LogP contribution is 2.53. The zero-order valence-electron chi connectivity index (χ0n) is 33.8. The van der Waals surface area contributed by atoms with Gasteiger partial charge in [-0.25, -0.2) is 18.2 Å². The number of aromatic nitrogens is 1. The second kappa shape index (κ2) is 14.9. The van der Waals surface area contributed by atoms with Gasteiger partial charge in [-0.3, -0.25) is 19.1 Å². The van der Waals surface area contributed by atoms with Crippen LogP contribution in [0.25, 0.3) is 10.9 Å². The highest BCUT2D eigenvalue weighted by Gasteiger charge is 2.54. The number of hydrogen-bond acceptors (Lipinski definition) is 11. The second-order valence-corrected chi connectivity index (χ2v) is 20.5. The molecule has 2 aromatic rings. The zero-order valence-corrected chi connectivity index (χ0v) is 34.6. The van der Waals surface area contributed by atoms with Crippen LogP contribution in [0, 0.1) is 11.8 Å². The Bertz CT molecular complexity index is 2160. The molecule has 0 unspecified atom stereocenters. The Kier molecular flexibility index (Phi) is 10.3. The van der Waals surface area contributed by atoms with Crippen molar-refractivity contribution >= 4 is 44.7 Å². The van der Waals surface area contributed by atoms with Crippen molar-refractivity contribution in [2.24, 2.45) is 17.6 Å². The number of benzene rings is 1. The van der Waals surface area contributed by atoms with E-state index in [1.54, 1.807) is 27.7 Å². The molecule has 0 radical (unpaired) electrons. The molecule has 8 rings (SSSR count). The maximum atomic E-state index is 14.5. The van der Waals surface area contributed by atoms with Crippen LogP contribution in [0.1, 0.15) is 122 Å². The molecule has 6 aliphatic rings. The van der Waals surface area contributed by atoms with Gasteiger partial charge in [0.05, 0.1) is 27.9 Å². The normalized spacial score (nSPS) is 25.9. The maximum Gasteiger partial charge on any atom is 0.408 e. The van der Waals surface area contributed by atoms with E-state index in [2.05, 4.69) is 10.0 Å². The number of likely N-dealkylation sites (tertiary alicyclic amines) is 1. The molecule has 5 atom stereocenters. The number of carbonyl (C=O) groups is 4. The largest absolute Gasteiger partial charge is 0.483 e. The third-order valence-corrected chi connectivity index (χ3v) is 14.6. The van der Waals surface area contributed by atoms with Gasteiger partial charge >= 0.3 is 6.09 Å². The lowest BCUT2D eigenvalue weighted by molar-refractivity contribution is -0.139. The summed E-state index contributed by atoms with van der Waals surface area (Å²) in [5, 5.41) is 3.66. The number of aryl methyl sites for hydroxylation is 1. The number of nitrogens with one attached hydrogen (secondary N) is 2. The van der Waals surface area contributed by atoms with E-state index in [1.165, 1.54) is 4.90 Å². The van der Waals surface area contributed by atoms with Gasteiger partial charge in [-0.15, -0.1) is 0 Å². The third-order valence-electron chi connectivity index (χ3n) is 12.4. The second-order valence-electron chi connectivity index (χ2n) is 18.3. The summed E-state index contributed by atoms with van der Waals surface area (Å²) in [6.45, 7) is 7.15. The van der Waals surface area contributed by atoms with Gasteiger partial charge in [-0.2, -0.15) is 0 Å². The van der Waals surface area contributed by atoms with Crippen molar-refractivity contribution in [3.8, 4) is 17.2 Å². The third kappa shape index (κ3) is 8.17. The first-order valence-electron chi connectivity index (χ1n) is 20.7. The predicted molar refractivity (Wildman–Crippen MR) is 213 cm³/mol. The van der Waals surface area contributed by atoms with Gasteiger partial charge in [-0.1, -0.05) is 25.0 Å². The van der Waals surface area contributed by atoms with Crippen molar-refractivity contribution in [3.05, 3.63) is 35.5 Å². The number of alkyl carbamates (subject to hydrolysis) is 1. The number of nitrogens with two attached hydrogens (primary N) is 1. The Morgan fingerprint density at radius 3 is 2.57 bits per heavy atom. The fraction of sp³-hybridized carbons (Fsp3) is 0.643. The summed E-state index contributed by atoms with van der Waals surface area (Å²) in [5.41, 5.74) is 7.01. The maximum absolute atomic E-state index is 14.5. The van der Waals surface area contributed by atoms with Crippen LogP contribution in [0.15, 0.2) is 24.3 Å². The minimum Gasteiger partial charge on any atom is -0.483 e. The number of fused-ring (bicyclic) bond motifs is 5. The Balaban J connectivity index is 0.917. The molecule has 1 saturated heterocycles. The summed E-state index contributed by atoms with van der Waals surface area (Å²) in [7, 11) is -3.65. The van der Waals surface area contributed by atoms with E-state index < -0.39 is 61.9 Å². The lowest BCUT2D eigenvalue weighted by Gasteiger charge is -2.37. The summed E-state index contributed by atoms with van der Waals surface area (Å²) in [6, 6.07) is 1.92. The first kappa shape index (κ1) is 40.2. The number of carbonyl (C=O) groups excluding carboxylic acids is 4. The summed E-state index contributed by atoms with van der Waals surface area (Å²) in [5.74, 6) is 0.476. The number of allylic oxidation sites excluding steroid dienone is 2. The van der Waals surface area contributed by atoms with Crippen LogP contribution >= 0.6 is 0 Å². The quantitative estimate of drug-likeness (QED) is 0.170. The lowest BCUT2D eigenvalue weighted by Crippen LogP contribution is -2.54. The van der Waals surface area contributed by atoms with Gasteiger partial charge in [0.1, 0.15) is 29.0 Å². The number of pyridine rings is 1. The van der Waals surface area contributed by atoms with E-state index in [4.69, 9.17) is 29.7 Å². The highest BCUT2D eigenvalue weighted by atomic mass is 32.2. The lowest BCUT2D eigenvalue weighted by atomic mass is 9.86. The molecule has 3 saturated carbocycles. The zero-order chi connectivity index (χ0) is 41.2. The van der Waals surface area contributed by atoms with Crippen molar-refractivity contribution in [1.82, 2.24) is 19.9 Å². The smallest absolute Gasteiger partial charge is 0.408 e. The van der Waals surface area contributed by atoms with Crippen LogP contribution in [0.5, 0.6) is 17.2 Å². The molecule has 16 heteroatoms. The standard InChI is InChI=1S/C42H55N5O10S/c1-40(2,3)57-39(51)45-29(11-9-7-5-6-8-10-25-20-27(25)37(49)46-58(52,53)41(4)18-19-41)38(50)47-22-42(21-30(47)36(43)48)17-16-26-32-28(14-15-31-35(32)55-23-54-31)44-33(24-12-13-24)34(26)56-42/h8,10,14-15,24-25,27,29-30H,5-7,9,11-13,16-23H2,1-4H3,(H2,43,48)(H,45,51)(H,46,49)/b10-8-/t25-,27+,29+,30+,42-/m1/s1. The Labute approximate surface area is 339 Å². The van der Waals surface area contributed by atoms with E-state index in [9.17, 15) is 27.6 Å². The van der Waals surface area contributed by atoms with Crippen LogP contribution in [-0.4, -0.2) is 83.5 Å². The van der Waals surface area contributed by atoms with E-state index in [1.807, 2.05) is 24.3 Å². The molecule has 4 fully saturated rings. The summed E-state index contributed by atoms with van der Waals surface area (Å²) in [4.78, 5) is 59.6. The number of hydrogen-bond donors (Lipinski definition) is 3. The van der Waals surface area contributed by atoms with Crippen LogP contribution in [0.4, 0.5) is 4.79 Å². The molecule has 1 aromatic carbocycles. The number of nitrogens with zero attached hydrogens (tertiary/aromatic N) is 2. The fourth-order valence-electron chi connectivity index (χ4n) is 8.56. The molecule has 3 aliphatic carbocycles. The number of ether oxygens (including phenoxy) is 4. The van der Waals surface area contributed by atoms with Crippen molar-refractivity contribution in [2.45, 2.75) is 145 Å². The van der Waals surface area contributed by atoms with Gasteiger partial charge in [-0.05, 0) is 110 Å². The Morgan fingerprint density at radius 1 is 1.09 bits per heavy atom.